The number of rotatable bonds is 6. The van der Waals surface area contributed by atoms with E-state index < -0.39 is 0 Å². The molecule has 2 heteroatoms. The van der Waals surface area contributed by atoms with Crippen LogP contribution >= 0.6 is 0 Å². The first-order chi connectivity index (χ1) is 13.8. The van der Waals surface area contributed by atoms with Crippen LogP contribution in [0.5, 0.6) is 0 Å². The first-order valence-corrected chi connectivity index (χ1v) is 12.8. The van der Waals surface area contributed by atoms with Crippen LogP contribution in [-0.4, -0.2) is 22.9 Å². The molecule has 4 aliphatic carbocycles. The van der Waals surface area contributed by atoms with Crippen molar-refractivity contribution >= 4 is 0 Å². The summed E-state index contributed by atoms with van der Waals surface area (Å²) in [6.07, 6.45) is 15.8. The van der Waals surface area contributed by atoms with Crippen molar-refractivity contribution in [3.63, 3.8) is 0 Å². The van der Waals surface area contributed by atoms with Crippen LogP contribution in [0.2, 0.25) is 0 Å². The third kappa shape index (κ3) is 3.65. The zero-order chi connectivity index (χ0) is 20.8. The molecule has 1 unspecified atom stereocenters. The van der Waals surface area contributed by atoms with E-state index in [0.29, 0.717) is 17.9 Å². The molecule has 4 rings (SSSR count). The van der Waals surface area contributed by atoms with Crippen LogP contribution < -0.4 is 0 Å². The van der Waals surface area contributed by atoms with Gasteiger partial charge in [-0.05, 0) is 92.3 Å². The molecule has 0 bridgehead atoms. The molecule has 0 radical (unpaired) electrons. The molecule has 0 aliphatic heterocycles. The number of hydrogen-bond acceptors (Lipinski definition) is 2. The van der Waals surface area contributed by atoms with Gasteiger partial charge >= 0.3 is 0 Å². The molecule has 4 aliphatic rings. The zero-order valence-electron chi connectivity index (χ0n) is 19.5. The maximum Gasteiger partial charge on any atom is 0.0577 e. The minimum atomic E-state index is -0.186. The highest BCUT2D eigenvalue weighted by Crippen LogP contribution is 2.67. The number of aliphatic hydroxyl groups is 2. The van der Waals surface area contributed by atoms with Crippen molar-refractivity contribution in [3.05, 3.63) is 11.6 Å². The third-order valence-corrected chi connectivity index (χ3v) is 10.3. The number of allylic oxidation sites excluding steroid dienone is 1. The van der Waals surface area contributed by atoms with Gasteiger partial charge in [0.1, 0.15) is 0 Å². The van der Waals surface area contributed by atoms with E-state index in [9.17, 15) is 10.2 Å². The second-order valence-corrected chi connectivity index (χ2v) is 12.1. The van der Waals surface area contributed by atoms with Crippen molar-refractivity contribution in [1.29, 1.82) is 0 Å². The summed E-state index contributed by atoms with van der Waals surface area (Å²) < 4.78 is 0. The maximum atomic E-state index is 10.6. The molecule has 0 amide bonds. The standard InChI is InChI=1S/C27H46O2/c1-18(2)6-5-7-19(3)23-10-11-24-22-9-8-20-16-21(29)12-15-27(20,17-28)25(22)13-14-26(23,24)4/h8,18-19,21-25,28-29H,5-7,9-17H2,1-4H3/t19?,21-,22-,23+,24-,25-,26+,27+/m0/s1. The van der Waals surface area contributed by atoms with Crippen molar-refractivity contribution in [1.82, 2.24) is 0 Å². The highest BCUT2D eigenvalue weighted by Gasteiger charge is 2.60. The molecule has 29 heavy (non-hydrogen) atoms. The van der Waals surface area contributed by atoms with Gasteiger partial charge in [-0.15, -0.1) is 0 Å². The van der Waals surface area contributed by atoms with Gasteiger partial charge in [-0.3, -0.25) is 0 Å². The van der Waals surface area contributed by atoms with Crippen LogP contribution in [0.3, 0.4) is 0 Å². The summed E-state index contributed by atoms with van der Waals surface area (Å²) in [5.74, 6) is 4.82. The molecule has 166 valence electrons. The lowest BCUT2D eigenvalue weighted by Crippen LogP contribution is -2.53. The van der Waals surface area contributed by atoms with E-state index in [4.69, 9.17) is 0 Å². The Hall–Kier alpha value is -0.340. The van der Waals surface area contributed by atoms with Crippen molar-refractivity contribution in [2.45, 2.75) is 104 Å². The molecule has 2 nitrogen and oxygen atoms in total. The minimum absolute atomic E-state index is 0.00948. The van der Waals surface area contributed by atoms with Crippen molar-refractivity contribution in [3.8, 4) is 0 Å². The number of fused-ring (bicyclic) bond motifs is 5. The molecule has 8 atom stereocenters. The van der Waals surface area contributed by atoms with Gasteiger partial charge in [0.25, 0.3) is 0 Å². The molecule has 3 fully saturated rings. The summed E-state index contributed by atoms with van der Waals surface area (Å²) >= 11 is 0. The van der Waals surface area contributed by atoms with E-state index in [0.717, 1.165) is 48.9 Å². The fourth-order valence-electron chi connectivity index (χ4n) is 8.76. The van der Waals surface area contributed by atoms with E-state index in [1.807, 2.05) is 0 Å². The van der Waals surface area contributed by atoms with Crippen LogP contribution in [0, 0.1) is 46.3 Å². The van der Waals surface area contributed by atoms with Crippen LogP contribution in [0.15, 0.2) is 11.6 Å². The molecular weight excluding hydrogens is 356 g/mol. The van der Waals surface area contributed by atoms with E-state index in [1.54, 1.807) is 0 Å². The Morgan fingerprint density at radius 1 is 1.03 bits per heavy atom. The second-order valence-electron chi connectivity index (χ2n) is 12.1. The van der Waals surface area contributed by atoms with Gasteiger partial charge in [0, 0.05) is 5.41 Å². The molecule has 3 saturated carbocycles. The predicted molar refractivity (Wildman–Crippen MR) is 120 cm³/mol. The average molecular weight is 403 g/mol. The molecule has 0 spiro atoms. The Labute approximate surface area is 179 Å². The zero-order valence-corrected chi connectivity index (χ0v) is 19.5. The quantitative estimate of drug-likeness (QED) is 0.507. The number of hydrogen-bond donors (Lipinski definition) is 2. The Balaban J connectivity index is 1.51. The average Bonchev–Trinajstić information content (AvgIpc) is 3.04. The minimum Gasteiger partial charge on any atom is -0.395 e. The lowest BCUT2D eigenvalue weighted by atomic mass is 9.46. The van der Waals surface area contributed by atoms with Gasteiger partial charge in [-0.1, -0.05) is 58.6 Å². The fourth-order valence-corrected chi connectivity index (χ4v) is 8.76. The lowest BCUT2D eigenvalue weighted by Gasteiger charge is -2.59. The molecule has 0 heterocycles. The van der Waals surface area contributed by atoms with E-state index in [2.05, 4.69) is 33.8 Å². The molecule has 0 aromatic heterocycles. The first kappa shape index (κ1) is 21.9. The summed E-state index contributed by atoms with van der Waals surface area (Å²) in [6, 6.07) is 0. The smallest absolute Gasteiger partial charge is 0.0577 e. The highest BCUT2D eigenvalue weighted by molar-refractivity contribution is 5.26. The number of aliphatic hydroxyl groups excluding tert-OH is 2. The fraction of sp³-hybridized carbons (Fsp3) is 0.926. The molecule has 0 aromatic rings. The Morgan fingerprint density at radius 3 is 2.55 bits per heavy atom. The Kier molecular flexibility index (Phi) is 6.26. The predicted octanol–water partition coefficient (Wildman–Crippen LogP) is 6.36. The van der Waals surface area contributed by atoms with Crippen molar-refractivity contribution < 1.29 is 10.2 Å². The van der Waals surface area contributed by atoms with E-state index >= 15 is 0 Å². The summed E-state index contributed by atoms with van der Waals surface area (Å²) in [7, 11) is 0. The summed E-state index contributed by atoms with van der Waals surface area (Å²) in [5.41, 5.74) is 1.90. The lowest BCUT2D eigenvalue weighted by molar-refractivity contribution is -0.0795. The third-order valence-electron chi connectivity index (χ3n) is 10.3. The van der Waals surface area contributed by atoms with Gasteiger partial charge in [-0.2, -0.15) is 0 Å². The molecular formula is C27H46O2. The normalized spacial score (nSPS) is 45.3. The van der Waals surface area contributed by atoms with Crippen LogP contribution in [0.25, 0.3) is 0 Å². The first-order valence-electron chi connectivity index (χ1n) is 12.8. The van der Waals surface area contributed by atoms with Gasteiger partial charge in [0.05, 0.1) is 12.7 Å². The Bertz CT molecular complexity index is 610. The molecule has 0 aromatic carbocycles. The molecule has 2 N–H and O–H groups in total. The van der Waals surface area contributed by atoms with Crippen molar-refractivity contribution in [2.75, 3.05) is 6.61 Å². The molecule has 0 saturated heterocycles. The van der Waals surface area contributed by atoms with Gasteiger partial charge in [-0.25, -0.2) is 0 Å². The van der Waals surface area contributed by atoms with Crippen LogP contribution in [0.4, 0.5) is 0 Å². The summed E-state index contributed by atoms with van der Waals surface area (Å²) in [5, 5.41) is 20.8. The van der Waals surface area contributed by atoms with E-state index in [1.165, 1.54) is 56.9 Å². The van der Waals surface area contributed by atoms with Gasteiger partial charge < -0.3 is 10.2 Å². The SMILES string of the molecule is CC(C)CCCC(C)[C@H]1CC[C@H]2[C@@H]3CC=C4C[C@@H](O)CC[C@]4(CO)[C@H]3CC[C@]12C. The Morgan fingerprint density at radius 2 is 1.83 bits per heavy atom. The summed E-state index contributed by atoms with van der Waals surface area (Å²) in [6.45, 7) is 10.2. The summed E-state index contributed by atoms with van der Waals surface area (Å²) in [4.78, 5) is 0. The topological polar surface area (TPSA) is 40.5 Å². The largest absolute Gasteiger partial charge is 0.395 e. The van der Waals surface area contributed by atoms with E-state index in [-0.39, 0.29) is 11.5 Å². The second kappa shape index (κ2) is 8.30. The van der Waals surface area contributed by atoms with Gasteiger partial charge in [0.15, 0.2) is 0 Å². The monoisotopic (exact) mass is 402 g/mol. The highest BCUT2D eigenvalue weighted by atomic mass is 16.3. The van der Waals surface area contributed by atoms with Gasteiger partial charge in [0.2, 0.25) is 0 Å². The van der Waals surface area contributed by atoms with Crippen molar-refractivity contribution in [2.24, 2.45) is 46.3 Å². The van der Waals surface area contributed by atoms with Crippen LogP contribution in [-0.2, 0) is 0 Å². The maximum absolute atomic E-state index is 10.6. The van der Waals surface area contributed by atoms with Crippen LogP contribution in [0.1, 0.15) is 98.3 Å².